The predicted molar refractivity (Wildman–Crippen MR) is 49.1 cm³/mol. The van der Waals surface area contributed by atoms with E-state index in [0.29, 0.717) is 13.1 Å². The lowest BCUT2D eigenvalue weighted by Crippen LogP contribution is -2.25. The van der Waals surface area contributed by atoms with Gasteiger partial charge in [-0.15, -0.1) is 0 Å². The van der Waals surface area contributed by atoms with Crippen molar-refractivity contribution in [3.63, 3.8) is 0 Å². The van der Waals surface area contributed by atoms with Crippen molar-refractivity contribution in [3.8, 4) is 0 Å². The van der Waals surface area contributed by atoms with Crippen LogP contribution in [-0.4, -0.2) is 32.5 Å². The van der Waals surface area contributed by atoms with Crippen molar-refractivity contribution >= 4 is 0 Å². The highest BCUT2D eigenvalue weighted by Crippen LogP contribution is 1.92. The standard InChI is InChI=1S/C8H16N4O/c1-3-12-8(10-6-11-12)5-9-4-7(2)13/h6-7,9,13H,3-5H2,1-2H3. The second kappa shape index (κ2) is 4.94. The molecule has 0 radical (unpaired) electrons. The van der Waals surface area contributed by atoms with E-state index in [1.54, 1.807) is 13.3 Å². The first-order chi connectivity index (χ1) is 6.24. The van der Waals surface area contributed by atoms with E-state index in [0.717, 1.165) is 12.4 Å². The molecular weight excluding hydrogens is 168 g/mol. The van der Waals surface area contributed by atoms with Crippen molar-refractivity contribution in [2.24, 2.45) is 0 Å². The van der Waals surface area contributed by atoms with Gasteiger partial charge < -0.3 is 10.4 Å². The van der Waals surface area contributed by atoms with Crippen molar-refractivity contribution in [2.45, 2.75) is 33.0 Å². The van der Waals surface area contributed by atoms with Gasteiger partial charge >= 0.3 is 0 Å². The number of nitrogens with zero attached hydrogens (tertiary/aromatic N) is 3. The van der Waals surface area contributed by atoms with Crippen molar-refractivity contribution < 1.29 is 5.11 Å². The highest BCUT2D eigenvalue weighted by Gasteiger charge is 2.01. The van der Waals surface area contributed by atoms with Crippen LogP contribution in [0, 0.1) is 0 Å². The van der Waals surface area contributed by atoms with E-state index < -0.39 is 0 Å². The van der Waals surface area contributed by atoms with Crippen LogP contribution >= 0.6 is 0 Å². The molecule has 1 unspecified atom stereocenters. The van der Waals surface area contributed by atoms with Crippen molar-refractivity contribution in [2.75, 3.05) is 6.54 Å². The fourth-order valence-corrected chi connectivity index (χ4v) is 1.08. The molecule has 1 rings (SSSR count). The Balaban J connectivity index is 2.36. The zero-order chi connectivity index (χ0) is 9.68. The Morgan fingerprint density at radius 3 is 3.08 bits per heavy atom. The topological polar surface area (TPSA) is 63.0 Å². The second-order valence-electron chi connectivity index (χ2n) is 2.97. The molecule has 74 valence electrons. The maximum atomic E-state index is 9.00. The summed E-state index contributed by atoms with van der Waals surface area (Å²) in [6.45, 7) is 5.82. The Labute approximate surface area is 77.8 Å². The number of rotatable bonds is 5. The van der Waals surface area contributed by atoms with Crippen LogP contribution < -0.4 is 5.32 Å². The van der Waals surface area contributed by atoms with Crippen molar-refractivity contribution in [1.29, 1.82) is 0 Å². The van der Waals surface area contributed by atoms with Crippen LogP contribution in [0.3, 0.4) is 0 Å². The third-order valence-corrected chi connectivity index (χ3v) is 1.72. The maximum absolute atomic E-state index is 9.00. The summed E-state index contributed by atoms with van der Waals surface area (Å²) in [4.78, 5) is 4.09. The van der Waals surface area contributed by atoms with Gasteiger partial charge in [0.2, 0.25) is 0 Å². The van der Waals surface area contributed by atoms with E-state index in [9.17, 15) is 0 Å². The van der Waals surface area contributed by atoms with Gasteiger partial charge in [-0.05, 0) is 13.8 Å². The first kappa shape index (κ1) is 10.1. The van der Waals surface area contributed by atoms with E-state index >= 15 is 0 Å². The van der Waals surface area contributed by atoms with Crippen LogP contribution in [0.2, 0.25) is 0 Å². The third-order valence-electron chi connectivity index (χ3n) is 1.72. The van der Waals surface area contributed by atoms with Crippen molar-refractivity contribution in [1.82, 2.24) is 20.1 Å². The van der Waals surface area contributed by atoms with Gasteiger partial charge in [0.15, 0.2) is 0 Å². The molecule has 5 heteroatoms. The minimum Gasteiger partial charge on any atom is -0.392 e. The normalized spacial score (nSPS) is 13.2. The van der Waals surface area contributed by atoms with Gasteiger partial charge in [-0.2, -0.15) is 5.10 Å². The summed E-state index contributed by atoms with van der Waals surface area (Å²) >= 11 is 0. The first-order valence-corrected chi connectivity index (χ1v) is 4.49. The molecule has 0 aliphatic heterocycles. The number of aliphatic hydroxyl groups excluding tert-OH is 1. The van der Waals surface area contributed by atoms with Crippen LogP contribution in [-0.2, 0) is 13.1 Å². The summed E-state index contributed by atoms with van der Waals surface area (Å²) in [7, 11) is 0. The van der Waals surface area contributed by atoms with Gasteiger partial charge in [0.1, 0.15) is 12.2 Å². The number of aromatic nitrogens is 3. The smallest absolute Gasteiger partial charge is 0.140 e. The summed E-state index contributed by atoms with van der Waals surface area (Å²) in [5, 5.41) is 16.1. The van der Waals surface area contributed by atoms with Crippen LogP contribution in [0.15, 0.2) is 6.33 Å². The molecule has 1 aromatic rings. The molecule has 0 bridgehead atoms. The number of nitrogens with one attached hydrogen (secondary N) is 1. The van der Waals surface area contributed by atoms with Crippen LogP contribution in [0.4, 0.5) is 0 Å². The molecule has 5 nitrogen and oxygen atoms in total. The van der Waals surface area contributed by atoms with Crippen LogP contribution in [0.25, 0.3) is 0 Å². The molecule has 0 aliphatic carbocycles. The Morgan fingerprint density at radius 1 is 1.69 bits per heavy atom. The molecule has 1 heterocycles. The Bertz CT molecular complexity index is 246. The van der Waals surface area contributed by atoms with Crippen molar-refractivity contribution in [3.05, 3.63) is 12.2 Å². The van der Waals surface area contributed by atoms with E-state index in [4.69, 9.17) is 5.11 Å². The number of aryl methyl sites for hydroxylation is 1. The highest BCUT2D eigenvalue weighted by molar-refractivity contribution is 4.83. The molecule has 0 aliphatic rings. The van der Waals surface area contributed by atoms with Gasteiger partial charge in [0.05, 0.1) is 12.6 Å². The minimum absolute atomic E-state index is 0.321. The summed E-state index contributed by atoms with van der Waals surface area (Å²) in [6.07, 6.45) is 1.22. The highest BCUT2D eigenvalue weighted by atomic mass is 16.3. The van der Waals surface area contributed by atoms with Crippen LogP contribution in [0.1, 0.15) is 19.7 Å². The zero-order valence-corrected chi connectivity index (χ0v) is 8.06. The third kappa shape index (κ3) is 3.12. The van der Waals surface area contributed by atoms with E-state index in [-0.39, 0.29) is 6.10 Å². The Kier molecular flexibility index (Phi) is 3.85. The Morgan fingerprint density at radius 2 is 2.46 bits per heavy atom. The van der Waals surface area contributed by atoms with E-state index in [2.05, 4.69) is 15.4 Å². The van der Waals surface area contributed by atoms with E-state index in [1.807, 2.05) is 11.6 Å². The molecule has 0 amide bonds. The summed E-state index contributed by atoms with van der Waals surface area (Å²) in [5.74, 6) is 0.906. The SMILES string of the molecule is CCn1ncnc1CNCC(C)O. The maximum Gasteiger partial charge on any atom is 0.140 e. The fourth-order valence-electron chi connectivity index (χ4n) is 1.08. The minimum atomic E-state index is -0.321. The summed E-state index contributed by atoms with van der Waals surface area (Å²) < 4.78 is 1.83. The van der Waals surface area contributed by atoms with Gasteiger partial charge in [-0.1, -0.05) is 0 Å². The zero-order valence-electron chi connectivity index (χ0n) is 8.06. The lowest BCUT2D eigenvalue weighted by atomic mass is 10.4. The number of aliphatic hydroxyl groups is 1. The molecule has 1 aromatic heterocycles. The molecular formula is C8H16N4O. The van der Waals surface area contributed by atoms with Crippen LogP contribution in [0.5, 0.6) is 0 Å². The Hall–Kier alpha value is -0.940. The number of hydrogen-bond donors (Lipinski definition) is 2. The first-order valence-electron chi connectivity index (χ1n) is 4.49. The van der Waals surface area contributed by atoms with Gasteiger partial charge in [-0.3, -0.25) is 0 Å². The predicted octanol–water partition coefficient (Wildman–Crippen LogP) is -0.232. The molecule has 0 saturated heterocycles. The monoisotopic (exact) mass is 184 g/mol. The lowest BCUT2D eigenvalue weighted by molar-refractivity contribution is 0.190. The van der Waals surface area contributed by atoms with Gasteiger partial charge in [-0.25, -0.2) is 9.67 Å². The molecule has 13 heavy (non-hydrogen) atoms. The fraction of sp³-hybridized carbons (Fsp3) is 0.750. The quantitative estimate of drug-likeness (QED) is 0.663. The molecule has 0 saturated carbocycles. The average Bonchev–Trinajstić information content (AvgIpc) is 2.51. The lowest BCUT2D eigenvalue weighted by Gasteiger charge is -2.06. The molecule has 0 fully saturated rings. The summed E-state index contributed by atoms with van der Waals surface area (Å²) in [6, 6.07) is 0. The summed E-state index contributed by atoms with van der Waals surface area (Å²) in [5.41, 5.74) is 0. The van der Waals surface area contributed by atoms with Gasteiger partial charge in [0.25, 0.3) is 0 Å². The van der Waals surface area contributed by atoms with E-state index in [1.165, 1.54) is 0 Å². The molecule has 0 aromatic carbocycles. The second-order valence-corrected chi connectivity index (χ2v) is 2.97. The average molecular weight is 184 g/mol. The molecule has 0 spiro atoms. The number of hydrogen-bond acceptors (Lipinski definition) is 4. The molecule has 1 atom stereocenters. The largest absolute Gasteiger partial charge is 0.392 e. The van der Waals surface area contributed by atoms with Gasteiger partial charge in [0, 0.05) is 13.1 Å². The molecule has 2 N–H and O–H groups in total.